The summed E-state index contributed by atoms with van der Waals surface area (Å²) in [6, 6.07) is -0.342. The third-order valence-corrected chi connectivity index (χ3v) is 2.12. The Hall–Kier alpha value is -1.10. The fourth-order valence-electron chi connectivity index (χ4n) is 0.806. The van der Waals surface area contributed by atoms with Gasteiger partial charge < -0.3 is 10.1 Å². The van der Waals surface area contributed by atoms with Gasteiger partial charge in [0, 0.05) is 11.6 Å². The molecule has 5 heteroatoms. The van der Waals surface area contributed by atoms with Crippen LogP contribution in [0.4, 0.5) is 5.13 Å². The summed E-state index contributed by atoms with van der Waals surface area (Å²) in [6.07, 6.45) is 1.69. The first-order chi connectivity index (χ1) is 6.24. The summed E-state index contributed by atoms with van der Waals surface area (Å²) in [5.74, 6) is -0.252. The number of carbonyl (C=O) groups excluding carboxylic acids is 1. The number of hydrogen-bond acceptors (Lipinski definition) is 5. The van der Waals surface area contributed by atoms with Crippen LogP contribution in [-0.4, -0.2) is 23.6 Å². The van der Waals surface area contributed by atoms with Crippen LogP contribution in [0.3, 0.4) is 0 Å². The van der Waals surface area contributed by atoms with Crippen LogP contribution in [-0.2, 0) is 9.53 Å². The van der Waals surface area contributed by atoms with Crippen LogP contribution in [0.25, 0.3) is 0 Å². The molecule has 1 aromatic heterocycles. The Morgan fingerprint density at radius 1 is 1.85 bits per heavy atom. The van der Waals surface area contributed by atoms with E-state index < -0.39 is 0 Å². The van der Waals surface area contributed by atoms with Crippen molar-refractivity contribution in [1.29, 1.82) is 0 Å². The minimum atomic E-state index is -0.342. The zero-order valence-electron chi connectivity index (χ0n) is 7.61. The van der Waals surface area contributed by atoms with Crippen LogP contribution in [0.5, 0.6) is 0 Å². The average molecular weight is 200 g/mol. The molecular formula is C8H12N2O2S. The Labute approximate surface area is 80.9 Å². The number of aromatic nitrogens is 1. The molecule has 0 aliphatic heterocycles. The molecule has 0 saturated carbocycles. The van der Waals surface area contributed by atoms with E-state index in [1.54, 1.807) is 20.0 Å². The van der Waals surface area contributed by atoms with E-state index in [0.717, 1.165) is 5.13 Å². The Morgan fingerprint density at radius 2 is 2.62 bits per heavy atom. The van der Waals surface area contributed by atoms with Crippen molar-refractivity contribution in [3.05, 3.63) is 11.6 Å². The number of hydrogen-bond donors (Lipinski definition) is 1. The van der Waals surface area contributed by atoms with Crippen LogP contribution in [0, 0.1) is 0 Å². The van der Waals surface area contributed by atoms with Crippen molar-refractivity contribution in [2.24, 2.45) is 0 Å². The van der Waals surface area contributed by atoms with Crippen LogP contribution in [0.2, 0.25) is 0 Å². The van der Waals surface area contributed by atoms with E-state index in [9.17, 15) is 4.79 Å². The summed E-state index contributed by atoms with van der Waals surface area (Å²) in [5.41, 5.74) is 0. The molecule has 0 amide bonds. The van der Waals surface area contributed by atoms with Gasteiger partial charge in [-0.05, 0) is 13.8 Å². The largest absolute Gasteiger partial charge is 0.464 e. The third kappa shape index (κ3) is 3.02. The number of anilines is 1. The number of nitrogens with one attached hydrogen (secondary N) is 1. The fraction of sp³-hybridized carbons (Fsp3) is 0.500. The van der Waals surface area contributed by atoms with Crippen molar-refractivity contribution in [1.82, 2.24) is 4.98 Å². The van der Waals surface area contributed by atoms with Gasteiger partial charge in [-0.2, -0.15) is 0 Å². The number of nitrogens with zero attached hydrogens (tertiary/aromatic N) is 1. The highest BCUT2D eigenvalue weighted by Crippen LogP contribution is 2.11. The van der Waals surface area contributed by atoms with Gasteiger partial charge in [0.2, 0.25) is 0 Å². The molecule has 0 fully saturated rings. The maximum absolute atomic E-state index is 11.2. The molecule has 13 heavy (non-hydrogen) atoms. The molecule has 72 valence electrons. The van der Waals surface area contributed by atoms with Crippen LogP contribution in [0.1, 0.15) is 13.8 Å². The molecule has 0 unspecified atom stereocenters. The molecule has 0 aliphatic carbocycles. The van der Waals surface area contributed by atoms with Crippen LogP contribution < -0.4 is 5.32 Å². The lowest BCUT2D eigenvalue weighted by molar-refractivity contribution is -0.143. The van der Waals surface area contributed by atoms with E-state index in [1.807, 2.05) is 5.38 Å². The van der Waals surface area contributed by atoms with Gasteiger partial charge in [-0.1, -0.05) is 0 Å². The Kier molecular flexibility index (Phi) is 3.70. The van der Waals surface area contributed by atoms with Gasteiger partial charge in [-0.25, -0.2) is 9.78 Å². The molecule has 0 saturated heterocycles. The van der Waals surface area contributed by atoms with Gasteiger partial charge in [0.1, 0.15) is 6.04 Å². The summed E-state index contributed by atoms with van der Waals surface area (Å²) in [6.45, 7) is 3.94. The monoisotopic (exact) mass is 200 g/mol. The van der Waals surface area contributed by atoms with Gasteiger partial charge in [-0.3, -0.25) is 0 Å². The second-order valence-corrected chi connectivity index (χ2v) is 3.35. The molecule has 1 atom stereocenters. The van der Waals surface area contributed by atoms with E-state index in [1.165, 1.54) is 11.3 Å². The van der Waals surface area contributed by atoms with Gasteiger partial charge >= 0.3 is 5.97 Å². The minimum absolute atomic E-state index is 0.252. The molecule has 4 nitrogen and oxygen atoms in total. The molecule has 0 aromatic carbocycles. The van der Waals surface area contributed by atoms with Gasteiger partial charge in [0.05, 0.1) is 6.61 Å². The number of esters is 1. The van der Waals surface area contributed by atoms with E-state index in [4.69, 9.17) is 4.74 Å². The smallest absolute Gasteiger partial charge is 0.328 e. The van der Waals surface area contributed by atoms with Gasteiger partial charge in [-0.15, -0.1) is 11.3 Å². The van der Waals surface area contributed by atoms with E-state index in [2.05, 4.69) is 10.3 Å². The normalized spacial score (nSPS) is 12.2. The zero-order valence-corrected chi connectivity index (χ0v) is 8.43. The summed E-state index contributed by atoms with van der Waals surface area (Å²) in [4.78, 5) is 15.2. The van der Waals surface area contributed by atoms with E-state index in [0.29, 0.717) is 6.61 Å². The van der Waals surface area contributed by atoms with Crippen molar-refractivity contribution >= 4 is 22.4 Å². The standard InChI is InChI=1S/C8H12N2O2S/c1-3-12-7(11)6(2)10-8-9-4-5-13-8/h4-6H,3H2,1-2H3,(H,9,10)/t6-/m0/s1. The molecule has 1 aromatic rings. The second kappa shape index (κ2) is 4.81. The lowest BCUT2D eigenvalue weighted by atomic mass is 10.3. The maximum atomic E-state index is 11.2. The Bertz CT molecular complexity index is 261. The number of thiazole rings is 1. The molecular weight excluding hydrogens is 188 g/mol. The minimum Gasteiger partial charge on any atom is -0.464 e. The van der Waals surface area contributed by atoms with Crippen molar-refractivity contribution in [3.63, 3.8) is 0 Å². The summed E-state index contributed by atoms with van der Waals surface area (Å²) >= 11 is 1.46. The van der Waals surface area contributed by atoms with Gasteiger partial charge in [0.15, 0.2) is 5.13 Å². The maximum Gasteiger partial charge on any atom is 0.328 e. The first-order valence-electron chi connectivity index (χ1n) is 4.06. The van der Waals surface area contributed by atoms with E-state index >= 15 is 0 Å². The molecule has 0 aliphatic rings. The number of ether oxygens (including phenoxy) is 1. The summed E-state index contributed by atoms with van der Waals surface area (Å²) in [5, 5.41) is 5.52. The molecule has 1 N–H and O–H groups in total. The van der Waals surface area contributed by atoms with Crippen LogP contribution >= 0.6 is 11.3 Å². The zero-order chi connectivity index (χ0) is 9.68. The van der Waals surface area contributed by atoms with Crippen LogP contribution in [0.15, 0.2) is 11.6 Å². The Balaban J connectivity index is 2.41. The first kappa shape index (κ1) is 9.98. The average Bonchev–Trinajstić information content (AvgIpc) is 2.57. The Morgan fingerprint density at radius 3 is 3.15 bits per heavy atom. The lowest BCUT2D eigenvalue weighted by Gasteiger charge is -2.10. The topological polar surface area (TPSA) is 51.2 Å². The summed E-state index contributed by atoms with van der Waals surface area (Å²) in [7, 11) is 0. The van der Waals surface area contributed by atoms with E-state index in [-0.39, 0.29) is 12.0 Å². The molecule has 0 radical (unpaired) electrons. The lowest BCUT2D eigenvalue weighted by Crippen LogP contribution is -2.27. The highest BCUT2D eigenvalue weighted by atomic mass is 32.1. The predicted octanol–water partition coefficient (Wildman–Crippen LogP) is 1.51. The van der Waals surface area contributed by atoms with Crippen molar-refractivity contribution in [2.45, 2.75) is 19.9 Å². The van der Waals surface area contributed by atoms with Crippen molar-refractivity contribution in [3.8, 4) is 0 Å². The quantitative estimate of drug-likeness (QED) is 0.748. The van der Waals surface area contributed by atoms with Crippen molar-refractivity contribution < 1.29 is 9.53 Å². The number of carbonyl (C=O) groups is 1. The predicted molar refractivity (Wildman–Crippen MR) is 51.8 cm³/mol. The third-order valence-electron chi connectivity index (χ3n) is 1.41. The molecule has 0 bridgehead atoms. The molecule has 1 rings (SSSR count). The fourth-order valence-corrected chi connectivity index (χ4v) is 1.42. The molecule has 1 heterocycles. The van der Waals surface area contributed by atoms with Gasteiger partial charge in [0.25, 0.3) is 0 Å². The highest BCUT2D eigenvalue weighted by Gasteiger charge is 2.13. The second-order valence-electron chi connectivity index (χ2n) is 2.46. The molecule has 0 spiro atoms. The first-order valence-corrected chi connectivity index (χ1v) is 4.94. The highest BCUT2D eigenvalue weighted by molar-refractivity contribution is 7.13. The summed E-state index contributed by atoms with van der Waals surface area (Å²) < 4.78 is 4.83. The van der Waals surface area contributed by atoms with Crippen molar-refractivity contribution in [2.75, 3.05) is 11.9 Å². The number of rotatable bonds is 4. The SMILES string of the molecule is CCOC(=O)[C@H](C)Nc1nccs1.